The molecule has 0 atom stereocenters. The molecule has 0 heterocycles. The van der Waals surface area contributed by atoms with Gasteiger partial charge >= 0.3 is 0 Å². The summed E-state index contributed by atoms with van der Waals surface area (Å²) >= 11 is 0. The van der Waals surface area contributed by atoms with Crippen molar-refractivity contribution in [1.82, 2.24) is 0 Å². The highest BCUT2D eigenvalue weighted by atomic mass is 14.1. The Morgan fingerprint density at radius 2 is 2.21 bits per heavy atom. The molecule has 0 radical (unpaired) electrons. The molecule has 1 aromatic rings. The molecule has 0 unspecified atom stereocenters. The van der Waals surface area contributed by atoms with Crippen LogP contribution in [0.15, 0.2) is 42.5 Å². The fourth-order valence-electron chi connectivity index (χ4n) is 1.56. The van der Waals surface area contributed by atoms with E-state index < -0.39 is 0 Å². The number of hydrogen-bond donors (Lipinski definition) is 0. The summed E-state index contributed by atoms with van der Waals surface area (Å²) in [6.45, 7) is 10.3. The fourth-order valence-corrected chi connectivity index (χ4v) is 1.56. The van der Waals surface area contributed by atoms with Crippen LogP contribution < -0.4 is 0 Å². The van der Waals surface area contributed by atoms with Gasteiger partial charge in [0.05, 0.1) is 0 Å². The Labute approximate surface area is 88.5 Å². The Morgan fingerprint density at radius 1 is 1.50 bits per heavy atom. The largest absolute Gasteiger partial charge is 0.0955 e. The van der Waals surface area contributed by atoms with E-state index in [9.17, 15) is 0 Å². The van der Waals surface area contributed by atoms with Crippen molar-refractivity contribution in [3.63, 3.8) is 0 Å². The second-order valence-corrected chi connectivity index (χ2v) is 3.68. The zero-order chi connectivity index (χ0) is 10.6. The maximum Gasteiger partial charge on any atom is 0 e. The van der Waals surface area contributed by atoms with Gasteiger partial charge in [0.15, 0.2) is 0 Å². The third kappa shape index (κ3) is 2.59. The van der Waals surface area contributed by atoms with Crippen molar-refractivity contribution in [1.29, 1.82) is 0 Å². The van der Waals surface area contributed by atoms with E-state index in [0.717, 1.165) is 12.0 Å². The Hall–Kier alpha value is -1.30. The smallest absolute Gasteiger partial charge is 0 e. The van der Waals surface area contributed by atoms with Crippen molar-refractivity contribution >= 4 is 5.57 Å². The molecule has 0 saturated heterocycles. The number of benzene rings is 1. The summed E-state index contributed by atoms with van der Waals surface area (Å²) < 4.78 is 0. The third-order valence-electron chi connectivity index (χ3n) is 2.20. The first-order valence-electron chi connectivity index (χ1n) is 5.08. The number of rotatable bonds is 3. The Bertz CT molecular complexity index is 361. The SMILES string of the molecule is C=C(C)/C(=C\CC)c1cccc(C)c1.[HH]. The van der Waals surface area contributed by atoms with Gasteiger partial charge in [-0.1, -0.05) is 55.0 Å². The van der Waals surface area contributed by atoms with Crippen molar-refractivity contribution in [2.75, 3.05) is 0 Å². The molecule has 0 aliphatic rings. The monoisotopic (exact) mass is 188 g/mol. The molecule has 14 heavy (non-hydrogen) atoms. The minimum atomic E-state index is 0. The van der Waals surface area contributed by atoms with Crippen molar-refractivity contribution in [2.24, 2.45) is 0 Å². The average molecular weight is 188 g/mol. The topological polar surface area (TPSA) is 0 Å². The maximum absolute atomic E-state index is 4.01. The lowest BCUT2D eigenvalue weighted by Gasteiger charge is -2.07. The minimum Gasteiger partial charge on any atom is -0.0955 e. The van der Waals surface area contributed by atoms with Gasteiger partial charge in [-0.15, -0.1) is 0 Å². The standard InChI is InChI=1S/C14H18.H2/c1-5-7-14(11(2)3)13-9-6-8-12(4)10-13;/h6-10H,2,5H2,1,3-4H3;1H/b14-7+;. The zero-order valence-corrected chi connectivity index (χ0v) is 9.30. The van der Waals surface area contributed by atoms with Gasteiger partial charge in [-0.2, -0.15) is 0 Å². The Balaban J connectivity index is 0.00000196. The van der Waals surface area contributed by atoms with Crippen LogP contribution in [0.3, 0.4) is 0 Å². The first-order valence-corrected chi connectivity index (χ1v) is 5.08. The number of aryl methyl sites for hydroxylation is 1. The molecule has 0 N–H and O–H groups in total. The van der Waals surface area contributed by atoms with E-state index in [1.807, 2.05) is 0 Å². The van der Waals surface area contributed by atoms with Crippen LogP contribution in [0.25, 0.3) is 5.57 Å². The highest BCUT2D eigenvalue weighted by molar-refractivity contribution is 5.77. The molecule has 0 bridgehead atoms. The molecule has 76 valence electrons. The van der Waals surface area contributed by atoms with Gasteiger partial charge in [0.25, 0.3) is 0 Å². The molecule has 0 heteroatoms. The second-order valence-electron chi connectivity index (χ2n) is 3.68. The van der Waals surface area contributed by atoms with Crippen molar-refractivity contribution < 1.29 is 1.43 Å². The van der Waals surface area contributed by atoms with Crippen LogP contribution in [-0.4, -0.2) is 0 Å². The molecular weight excluding hydrogens is 168 g/mol. The molecule has 0 spiro atoms. The second kappa shape index (κ2) is 4.80. The molecule has 0 aromatic heterocycles. The number of hydrogen-bond acceptors (Lipinski definition) is 0. The molecule has 0 amide bonds. The first-order chi connectivity index (χ1) is 6.65. The molecule has 1 rings (SSSR count). The highest BCUT2D eigenvalue weighted by Gasteiger charge is 2.01. The minimum absolute atomic E-state index is 0. The van der Waals surface area contributed by atoms with E-state index in [1.54, 1.807) is 0 Å². The first kappa shape index (κ1) is 10.8. The van der Waals surface area contributed by atoms with Crippen LogP contribution in [-0.2, 0) is 0 Å². The van der Waals surface area contributed by atoms with Gasteiger partial charge in [-0.05, 0) is 31.4 Å². The summed E-state index contributed by atoms with van der Waals surface area (Å²) in [6, 6.07) is 8.56. The summed E-state index contributed by atoms with van der Waals surface area (Å²) in [5.74, 6) is 0. The van der Waals surface area contributed by atoms with Gasteiger partial charge in [-0.3, -0.25) is 0 Å². The van der Waals surface area contributed by atoms with Crippen molar-refractivity contribution in [3.05, 3.63) is 53.6 Å². The summed E-state index contributed by atoms with van der Waals surface area (Å²) in [6.07, 6.45) is 3.28. The molecule has 0 aliphatic heterocycles. The fraction of sp³-hybridized carbons (Fsp3) is 0.286. The summed E-state index contributed by atoms with van der Waals surface area (Å²) in [7, 11) is 0. The predicted octanol–water partition coefficient (Wildman–Crippen LogP) is 4.61. The van der Waals surface area contributed by atoms with E-state index >= 15 is 0 Å². The quantitative estimate of drug-likeness (QED) is 0.608. The number of allylic oxidation sites excluding steroid dienone is 3. The van der Waals surface area contributed by atoms with Gasteiger partial charge in [0.1, 0.15) is 0 Å². The Kier molecular flexibility index (Phi) is 3.70. The average Bonchev–Trinajstić information content (AvgIpc) is 2.13. The van der Waals surface area contributed by atoms with Crippen LogP contribution in [0.4, 0.5) is 0 Å². The third-order valence-corrected chi connectivity index (χ3v) is 2.20. The maximum atomic E-state index is 4.01. The summed E-state index contributed by atoms with van der Waals surface area (Å²) in [5, 5.41) is 0. The zero-order valence-electron chi connectivity index (χ0n) is 9.30. The van der Waals surface area contributed by atoms with Gasteiger partial charge in [0.2, 0.25) is 0 Å². The molecular formula is C14H20. The van der Waals surface area contributed by atoms with Gasteiger partial charge < -0.3 is 0 Å². The van der Waals surface area contributed by atoms with E-state index in [-0.39, 0.29) is 1.43 Å². The predicted molar refractivity (Wildman–Crippen MR) is 66.4 cm³/mol. The lowest BCUT2D eigenvalue weighted by atomic mass is 9.98. The molecule has 0 fully saturated rings. The summed E-state index contributed by atoms with van der Waals surface area (Å²) in [5.41, 5.74) is 4.98. The van der Waals surface area contributed by atoms with Gasteiger partial charge in [-0.25, -0.2) is 0 Å². The molecule has 0 saturated carbocycles. The van der Waals surface area contributed by atoms with Crippen LogP contribution in [0.5, 0.6) is 0 Å². The molecule has 0 nitrogen and oxygen atoms in total. The van der Waals surface area contributed by atoms with Crippen LogP contribution in [0.1, 0.15) is 32.8 Å². The normalized spacial score (nSPS) is 11.5. The lowest BCUT2D eigenvalue weighted by molar-refractivity contribution is 1.22. The van der Waals surface area contributed by atoms with E-state index in [0.29, 0.717) is 0 Å². The van der Waals surface area contributed by atoms with E-state index in [4.69, 9.17) is 0 Å². The van der Waals surface area contributed by atoms with Crippen molar-refractivity contribution in [2.45, 2.75) is 27.2 Å². The molecule has 0 aliphatic carbocycles. The van der Waals surface area contributed by atoms with Crippen molar-refractivity contribution in [3.8, 4) is 0 Å². The summed E-state index contributed by atoms with van der Waals surface area (Å²) in [4.78, 5) is 0. The highest BCUT2D eigenvalue weighted by Crippen LogP contribution is 2.22. The van der Waals surface area contributed by atoms with Crippen LogP contribution >= 0.6 is 0 Å². The van der Waals surface area contributed by atoms with Crippen LogP contribution in [0, 0.1) is 6.92 Å². The Morgan fingerprint density at radius 3 is 2.71 bits per heavy atom. The van der Waals surface area contributed by atoms with E-state index in [2.05, 4.69) is 57.7 Å². The van der Waals surface area contributed by atoms with E-state index in [1.165, 1.54) is 16.7 Å². The van der Waals surface area contributed by atoms with Crippen LogP contribution in [0.2, 0.25) is 0 Å². The van der Waals surface area contributed by atoms with Gasteiger partial charge in [0, 0.05) is 1.43 Å². The lowest BCUT2D eigenvalue weighted by Crippen LogP contribution is -1.86. The molecule has 1 aromatic carbocycles.